The summed E-state index contributed by atoms with van der Waals surface area (Å²) < 4.78 is 28.7. The minimum atomic E-state index is -3.44. The molecule has 0 aliphatic rings. The van der Waals surface area contributed by atoms with Gasteiger partial charge < -0.3 is 10.1 Å². The Bertz CT molecular complexity index is 990. The maximum absolute atomic E-state index is 12.8. The lowest BCUT2D eigenvalue weighted by Gasteiger charge is -2.10. The average molecular weight is 410 g/mol. The van der Waals surface area contributed by atoms with E-state index in [0.29, 0.717) is 22.5 Å². The maximum Gasteiger partial charge on any atom is 0.341 e. The van der Waals surface area contributed by atoms with E-state index in [1.165, 1.54) is 23.5 Å². The minimum Gasteiger partial charge on any atom is -0.462 e. The van der Waals surface area contributed by atoms with Crippen LogP contribution in [-0.4, -0.2) is 33.2 Å². The lowest BCUT2D eigenvalue weighted by molar-refractivity contribution is 0.0527. The van der Waals surface area contributed by atoms with Crippen LogP contribution in [-0.2, 0) is 21.0 Å². The number of carbonyl (C=O) groups excluding carboxylic acids is 2. The molecular formula is C19H23NO5S2. The summed E-state index contributed by atoms with van der Waals surface area (Å²) in [6.45, 7) is 7.51. The normalized spacial score (nSPS) is 11.3. The van der Waals surface area contributed by atoms with Gasteiger partial charge in [-0.25, -0.2) is 13.2 Å². The molecule has 6 nitrogen and oxygen atoms in total. The van der Waals surface area contributed by atoms with Crippen molar-refractivity contribution >= 4 is 38.1 Å². The summed E-state index contributed by atoms with van der Waals surface area (Å²) in [4.78, 5) is 26.2. The first-order valence-corrected chi connectivity index (χ1v) is 11.2. The standard InChI is InChI=1S/C19H23NO5S2/c1-6-14-12(4)26-18(16(14)19(22)25-7-2)20-17(21)15-10-13(27(5,23)24)9-8-11(15)3/h8-10H,6-7H2,1-5H3,(H,20,21). The number of carbonyl (C=O) groups is 2. The highest BCUT2D eigenvalue weighted by molar-refractivity contribution is 7.90. The smallest absolute Gasteiger partial charge is 0.341 e. The molecule has 8 heteroatoms. The molecule has 1 heterocycles. The number of anilines is 1. The number of thiophene rings is 1. The molecule has 0 radical (unpaired) electrons. The number of hydrogen-bond acceptors (Lipinski definition) is 6. The highest BCUT2D eigenvalue weighted by atomic mass is 32.2. The van der Waals surface area contributed by atoms with Crippen LogP contribution in [0.5, 0.6) is 0 Å². The first kappa shape index (κ1) is 21.1. The Kier molecular flexibility index (Phi) is 6.43. The Labute approximate surface area is 163 Å². The Morgan fingerprint density at radius 3 is 2.41 bits per heavy atom. The number of sulfone groups is 1. The van der Waals surface area contributed by atoms with Crippen molar-refractivity contribution in [2.45, 2.75) is 39.0 Å². The van der Waals surface area contributed by atoms with E-state index >= 15 is 0 Å². The molecule has 1 amide bonds. The van der Waals surface area contributed by atoms with E-state index in [1.54, 1.807) is 19.9 Å². The van der Waals surface area contributed by atoms with Crippen molar-refractivity contribution in [3.05, 3.63) is 45.3 Å². The number of nitrogens with one attached hydrogen (secondary N) is 1. The van der Waals surface area contributed by atoms with Crippen molar-refractivity contribution < 1.29 is 22.7 Å². The summed E-state index contributed by atoms with van der Waals surface area (Å²) in [5, 5.41) is 3.18. The quantitative estimate of drug-likeness (QED) is 0.734. The van der Waals surface area contributed by atoms with E-state index < -0.39 is 21.7 Å². The van der Waals surface area contributed by atoms with Gasteiger partial charge in [0.05, 0.1) is 17.1 Å². The van der Waals surface area contributed by atoms with Crippen LogP contribution in [0.4, 0.5) is 5.00 Å². The van der Waals surface area contributed by atoms with Crippen molar-refractivity contribution in [2.24, 2.45) is 0 Å². The lowest BCUT2D eigenvalue weighted by Crippen LogP contribution is -2.16. The number of rotatable bonds is 6. The second kappa shape index (κ2) is 8.22. The van der Waals surface area contributed by atoms with Gasteiger partial charge in [0.2, 0.25) is 0 Å². The van der Waals surface area contributed by atoms with Gasteiger partial charge in [-0.2, -0.15) is 0 Å². The largest absolute Gasteiger partial charge is 0.462 e. The summed E-state index contributed by atoms with van der Waals surface area (Å²) >= 11 is 1.31. The van der Waals surface area contributed by atoms with Crippen LogP contribution in [0.25, 0.3) is 0 Å². The predicted molar refractivity (Wildman–Crippen MR) is 107 cm³/mol. The predicted octanol–water partition coefficient (Wildman–Crippen LogP) is 3.76. The first-order valence-electron chi connectivity index (χ1n) is 8.51. The molecule has 27 heavy (non-hydrogen) atoms. The van der Waals surface area contributed by atoms with E-state index in [-0.39, 0.29) is 17.1 Å². The molecule has 0 fully saturated rings. The van der Waals surface area contributed by atoms with Crippen molar-refractivity contribution in [1.29, 1.82) is 0 Å². The molecule has 146 valence electrons. The molecule has 1 N–H and O–H groups in total. The zero-order valence-electron chi connectivity index (χ0n) is 16.0. The average Bonchev–Trinajstić information content (AvgIpc) is 2.89. The molecule has 2 rings (SSSR count). The van der Waals surface area contributed by atoms with Gasteiger partial charge in [0.25, 0.3) is 5.91 Å². The summed E-state index contributed by atoms with van der Waals surface area (Å²) in [5.74, 6) is -0.942. The minimum absolute atomic E-state index is 0.0699. The zero-order valence-corrected chi connectivity index (χ0v) is 17.6. The van der Waals surface area contributed by atoms with Crippen LogP contribution in [0.15, 0.2) is 23.1 Å². The maximum atomic E-state index is 12.8. The Morgan fingerprint density at radius 1 is 1.19 bits per heavy atom. The molecule has 2 aromatic rings. The van der Waals surface area contributed by atoms with Crippen molar-refractivity contribution in [3.8, 4) is 0 Å². The molecule has 1 aromatic heterocycles. The molecule has 0 bridgehead atoms. The molecule has 0 saturated heterocycles. The van der Waals surface area contributed by atoms with Gasteiger partial charge in [0.1, 0.15) is 5.00 Å². The van der Waals surface area contributed by atoms with E-state index in [9.17, 15) is 18.0 Å². The third-order valence-electron chi connectivity index (χ3n) is 4.15. The van der Waals surface area contributed by atoms with E-state index in [2.05, 4.69) is 5.32 Å². The third kappa shape index (κ3) is 4.56. The Balaban J connectivity index is 2.46. The first-order chi connectivity index (χ1) is 12.6. The fourth-order valence-corrected chi connectivity index (χ4v) is 4.53. The molecular weight excluding hydrogens is 386 g/mol. The lowest BCUT2D eigenvalue weighted by atomic mass is 10.1. The van der Waals surface area contributed by atoms with Gasteiger partial charge in [-0.3, -0.25) is 4.79 Å². The Morgan fingerprint density at radius 2 is 1.85 bits per heavy atom. The Hall–Kier alpha value is -2.19. The third-order valence-corrected chi connectivity index (χ3v) is 6.32. The van der Waals surface area contributed by atoms with E-state index in [4.69, 9.17) is 4.74 Å². The van der Waals surface area contributed by atoms with Crippen molar-refractivity contribution in [1.82, 2.24) is 0 Å². The van der Waals surface area contributed by atoms with Gasteiger partial charge in [-0.1, -0.05) is 13.0 Å². The number of aryl methyl sites for hydroxylation is 2. The molecule has 0 atom stereocenters. The number of benzene rings is 1. The summed E-state index contributed by atoms with van der Waals surface area (Å²) in [6, 6.07) is 4.41. The molecule has 0 saturated carbocycles. The molecule has 1 aromatic carbocycles. The zero-order chi connectivity index (χ0) is 20.4. The summed E-state index contributed by atoms with van der Waals surface area (Å²) in [6.07, 6.45) is 1.73. The van der Waals surface area contributed by atoms with Gasteiger partial charge in [0.15, 0.2) is 9.84 Å². The van der Waals surface area contributed by atoms with Gasteiger partial charge in [-0.05, 0) is 50.5 Å². The van der Waals surface area contributed by atoms with Crippen LogP contribution >= 0.6 is 11.3 Å². The number of amides is 1. The number of esters is 1. The van der Waals surface area contributed by atoms with Crippen molar-refractivity contribution in [3.63, 3.8) is 0 Å². The molecule has 0 aliphatic heterocycles. The van der Waals surface area contributed by atoms with Crippen molar-refractivity contribution in [2.75, 3.05) is 18.2 Å². The summed E-state index contributed by atoms with van der Waals surface area (Å²) in [7, 11) is -3.44. The van der Waals surface area contributed by atoms with Gasteiger partial charge >= 0.3 is 5.97 Å². The van der Waals surface area contributed by atoms with E-state index in [0.717, 1.165) is 16.7 Å². The highest BCUT2D eigenvalue weighted by Gasteiger charge is 2.24. The van der Waals surface area contributed by atoms with Crippen LogP contribution < -0.4 is 5.32 Å². The highest BCUT2D eigenvalue weighted by Crippen LogP contribution is 2.34. The van der Waals surface area contributed by atoms with Gasteiger partial charge in [-0.15, -0.1) is 11.3 Å². The van der Waals surface area contributed by atoms with Crippen LogP contribution in [0.2, 0.25) is 0 Å². The molecule has 0 unspecified atom stereocenters. The number of hydrogen-bond donors (Lipinski definition) is 1. The number of ether oxygens (including phenoxy) is 1. The topological polar surface area (TPSA) is 89.5 Å². The second-order valence-corrected chi connectivity index (χ2v) is 9.36. The fourth-order valence-electron chi connectivity index (χ4n) is 2.76. The van der Waals surface area contributed by atoms with Crippen LogP contribution in [0.3, 0.4) is 0 Å². The van der Waals surface area contributed by atoms with Gasteiger partial charge in [0, 0.05) is 16.7 Å². The molecule has 0 spiro atoms. The molecule has 0 aliphatic carbocycles. The summed E-state index contributed by atoms with van der Waals surface area (Å²) in [5.41, 5.74) is 2.10. The second-order valence-electron chi connectivity index (χ2n) is 6.12. The SMILES string of the molecule is CCOC(=O)c1c(NC(=O)c2cc(S(C)(=O)=O)ccc2C)sc(C)c1CC. The van der Waals surface area contributed by atoms with Crippen LogP contribution in [0, 0.1) is 13.8 Å². The fraction of sp³-hybridized carbons (Fsp3) is 0.368. The van der Waals surface area contributed by atoms with E-state index in [1.807, 2.05) is 13.8 Å². The van der Waals surface area contributed by atoms with Crippen LogP contribution in [0.1, 0.15) is 50.6 Å². The monoisotopic (exact) mass is 409 g/mol.